The van der Waals surface area contributed by atoms with E-state index in [9.17, 15) is 9.59 Å². The van der Waals surface area contributed by atoms with Gasteiger partial charge in [-0.05, 0) is 31.4 Å². The Labute approximate surface area is 177 Å². The van der Waals surface area contributed by atoms with Crippen LogP contribution in [0.3, 0.4) is 0 Å². The molecule has 1 saturated carbocycles. The molecular weight excluding hydrogens is 384 g/mol. The lowest BCUT2D eigenvalue weighted by atomic mass is 9.94. The number of carbonyl (C=O) groups excluding carboxylic acids is 2. The molecule has 0 bridgehead atoms. The summed E-state index contributed by atoms with van der Waals surface area (Å²) in [7, 11) is 1.91. The smallest absolute Gasteiger partial charge is 0.252 e. The topological polar surface area (TPSA) is 67.2 Å². The molecule has 3 rings (SSSR count). The SMILES string of the molecule is CN(C(=O)CSc1ccccc1C(=O)NCCCn1ccnc1)C1CCCCC1. The molecule has 7 heteroatoms. The van der Waals surface area contributed by atoms with Crippen LogP contribution < -0.4 is 5.32 Å². The lowest BCUT2D eigenvalue weighted by molar-refractivity contribution is -0.129. The minimum atomic E-state index is -0.0909. The van der Waals surface area contributed by atoms with E-state index in [1.165, 1.54) is 31.0 Å². The molecule has 2 amide bonds. The molecule has 1 aromatic heterocycles. The van der Waals surface area contributed by atoms with Gasteiger partial charge < -0.3 is 14.8 Å². The third-order valence-electron chi connectivity index (χ3n) is 5.44. The second-order valence-electron chi connectivity index (χ2n) is 7.49. The Morgan fingerprint density at radius 2 is 2.03 bits per heavy atom. The third-order valence-corrected chi connectivity index (χ3v) is 6.49. The second-order valence-corrected chi connectivity index (χ2v) is 8.51. The van der Waals surface area contributed by atoms with Crippen LogP contribution in [0.25, 0.3) is 0 Å². The van der Waals surface area contributed by atoms with Gasteiger partial charge in [0.15, 0.2) is 0 Å². The van der Waals surface area contributed by atoms with Crippen LogP contribution in [0, 0.1) is 0 Å². The van der Waals surface area contributed by atoms with Crippen molar-refractivity contribution in [3.05, 3.63) is 48.5 Å². The summed E-state index contributed by atoms with van der Waals surface area (Å²) in [6, 6.07) is 7.88. The Morgan fingerprint density at radius 1 is 1.24 bits per heavy atom. The highest BCUT2D eigenvalue weighted by molar-refractivity contribution is 8.00. The van der Waals surface area contributed by atoms with Crippen molar-refractivity contribution in [2.75, 3.05) is 19.3 Å². The maximum atomic E-state index is 12.6. The minimum Gasteiger partial charge on any atom is -0.352 e. The van der Waals surface area contributed by atoms with Crippen molar-refractivity contribution in [2.45, 2.75) is 56.0 Å². The van der Waals surface area contributed by atoms with E-state index in [-0.39, 0.29) is 11.8 Å². The largest absolute Gasteiger partial charge is 0.352 e. The predicted molar refractivity (Wildman–Crippen MR) is 116 cm³/mol. The number of aryl methyl sites for hydroxylation is 1. The van der Waals surface area contributed by atoms with E-state index < -0.39 is 0 Å². The van der Waals surface area contributed by atoms with Gasteiger partial charge in [0.2, 0.25) is 5.91 Å². The van der Waals surface area contributed by atoms with Gasteiger partial charge in [0.1, 0.15) is 0 Å². The maximum Gasteiger partial charge on any atom is 0.252 e. The third kappa shape index (κ3) is 6.35. The van der Waals surface area contributed by atoms with E-state index in [0.717, 1.165) is 30.7 Å². The van der Waals surface area contributed by atoms with Gasteiger partial charge in [-0.1, -0.05) is 31.4 Å². The molecule has 29 heavy (non-hydrogen) atoms. The summed E-state index contributed by atoms with van der Waals surface area (Å²) < 4.78 is 1.99. The maximum absolute atomic E-state index is 12.6. The molecule has 0 atom stereocenters. The number of nitrogens with one attached hydrogen (secondary N) is 1. The van der Waals surface area contributed by atoms with E-state index in [2.05, 4.69) is 10.3 Å². The molecule has 0 unspecified atom stereocenters. The van der Waals surface area contributed by atoms with Crippen molar-refractivity contribution in [1.82, 2.24) is 19.8 Å². The van der Waals surface area contributed by atoms with Crippen LogP contribution in [0.2, 0.25) is 0 Å². The summed E-state index contributed by atoms with van der Waals surface area (Å²) in [5, 5.41) is 2.98. The molecule has 0 saturated heterocycles. The zero-order chi connectivity index (χ0) is 20.5. The number of carbonyl (C=O) groups is 2. The first-order valence-electron chi connectivity index (χ1n) is 10.4. The number of amides is 2. The Hall–Kier alpha value is -2.28. The van der Waals surface area contributed by atoms with Gasteiger partial charge in [0.05, 0.1) is 17.6 Å². The Kier molecular flexibility index (Phi) is 8.16. The molecule has 6 nitrogen and oxygen atoms in total. The quantitative estimate of drug-likeness (QED) is 0.503. The monoisotopic (exact) mass is 414 g/mol. The molecule has 0 spiro atoms. The molecule has 156 valence electrons. The van der Waals surface area contributed by atoms with Crippen LogP contribution in [0.4, 0.5) is 0 Å². The molecule has 1 heterocycles. The van der Waals surface area contributed by atoms with Crippen molar-refractivity contribution in [3.8, 4) is 0 Å². The minimum absolute atomic E-state index is 0.0909. The van der Waals surface area contributed by atoms with Gasteiger partial charge in [-0.15, -0.1) is 11.8 Å². The fourth-order valence-electron chi connectivity index (χ4n) is 3.67. The van der Waals surface area contributed by atoms with Gasteiger partial charge in [-0.25, -0.2) is 4.98 Å². The average Bonchev–Trinajstić information content (AvgIpc) is 3.28. The van der Waals surface area contributed by atoms with Gasteiger partial charge in [-0.2, -0.15) is 0 Å². The highest BCUT2D eigenvalue weighted by Crippen LogP contribution is 2.25. The first-order chi connectivity index (χ1) is 14.1. The number of hydrogen-bond donors (Lipinski definition) is 1. The lowest BCUT2D eigenvalue weighted by Gasteiger charge is -2.31. The summed E-state index contributed by atoms with van der Waals surface area (Å²) >= 11 is 1.45. The van der Waals surface area contributed by atoms with Crippen molar-refractivity contribution < 1.29 is 9.59 Å². The van der Waals surface area contributed by atoms with E-state index in [4.69, 9.17) is 0 Å². The lowest BCUT2D eigenvalue weighted by Crippen LogP contribution is -2.39. The van der Waals surface area contributed by atoms with Crippen molar-refractivity contribution in [3.63, 3.8) is 0 Å². The van der Waals surface area contributed by atoms with Crippen molar-refractivity contribution in [2.24, 2.45) is 0 Å². The number of rotatable bonds is 9. The van der Waals surface area contributed by atoms with Crippen molar-refractivity contribution in [1.29, 1.82) is 0 Å². The van der Waals surface area contributed by atoms with Crippen LogP contribution >= 0.6 is 11.8 Å². The van der Waals surface area contributed by atoms with E-state index in [1.54, 1.807) is 12.5 Å². The zero-order valence-electron chi connectivity index (χ0n) is 17.0. The highest BCUT2D eigenvalue weighted by atomic mass is 32.2. The molecule has 1 aromatic carbocycles. The first kappa shape index (κ1) is 21.4. The van der Waals surface area contributed by atoms with E-state index in [1.807, 2.05) is 47.0 Å². The van der Waals surface area contributed by atoms with Crippen LogP contribution in [-0.2, 0) is 11.3 Å². The average molecular weight is 415 g/mol. The van der Waals surface area contributed by atoms with Gasteiger partial charge >= 0.3 is 0 Å². The van der Waals surface area contributed by atoms with E-state index >= 15 is 0 Å². The zero-order valence-corrected chi connectivity index (χ0v) is 17.9. The highest BCUT2D eigenvalue weighted by Gasteiger charge is 2.22. The number of aromatic nitrogens is 2. The summed E-state index contributed by atoms with van der Waals surface area (Å²) in [5.74, 6) is 0.405. The summed E-state index contributed by atoms with van der Waals surface area (Å²) in [5.41, 5.74) is 0.633. The van der Waals surface area contributed by atoms with Crippen LogP contribution in [-0.4, -0.2) is 51.7 Å². The number of thioether (sulfide) groups is 1. The van der Waals surface area contributed by atoms with Gasteiger partial charge in [0.25, 0.3) is 5.91 Å². The number of nitrogens with zero attached hydrogens (tertiary/aromatic N) is 3. The van der Waals surface area contributed by atoms with E-state index in [0.29, 0.717) is 23.9 Å². The Balaban J connectivity index is 1.48. The fourth-order valence-corrected chi connectivity index (χ4v) is 4.64. The molecule has 0 aliphatic heterocycles. The number of benzene rings is 1. The standard InChI is InChI=1S/C22H30N4O2S/c1-25(18-8-3-2-4-9-18)21(27)16-29-20-11-6-5-10-19(20)22(28)24-12-7-14-26-15-13-23-17-26/h5-6,10-11,13,15,17-18H,2-4,7-9,12,14,16H2,1H3,(H,24,28). The molecular formula is C22H30N4O2S. The van der Waals surface area contributed by atoms with Crippen LogP contribution in [0.15, 0.2) is 47.9 Å². The fraction of sp³-hybridized carbons (Fsp3) is 0.500. The summed E-state index contributed by atoms with van der Waals surface area (Å²) in [6.45, 7) is 1.41. The molecule has 1 N–H and O–H groups in total. The van der Waals surface area contributed by atoms with Gasteiger partial charge in [-0.3, -0.25) is 9.59 Å². The van der Waals surface area contributed by atoms with Gasteiger partial charge in [0, 0.05) is 43.5 Å². The number of hydrogen-bond acceptors (Lipinski definition) is 4. The number of imidazole rings is 1. The van der Waals surface area contributed by atoms with Crippen LogP contribution in [0.5, 0.6) is 0 Å². The second kappa shape index (κ2) is 11.0. The summed E-state index contributed by atoms with van der Waals surface area (Å²) in [4.78, 5) is 32.0. The Morgan fingerprint density at radius 3 is 2.79 bits per heavy atom. The molecule has 1 aliphatic rings. The molecule has 1 fully saturated rings. The molecule has 2 aromatic rings. The van der Waals surface area contributed by atoms with Crippen LogP contribution in [0.1, 0.15) is 48.9 Å². The molecule has 1 aliphatic carbocycles. The predicted octanol–water partition coefficient (Wildman–Crippen LogP) is 3.59. The molecule has 0 radical (unpaired) electrons. The Bertz CT molecular complexity index is 788. The normalized spacial score (nSPS) is 14.5. The summed E-state index contributed by atoms with van der Waals surface area (Å²) in [6.07, 6.45) is 12.2. The first-order valence-corrected chi connectivity index (χ1v) is 11.3. The van der Waals surface area contributed by atoms with Crippen molar-refractivity contribution >= 4 is 23.6 Å².